The summed E-state index contributed by atoms with van der Waals surface area (Å²) in [5, 5.41) is 19.2. The predicted molar refractivity (Wildman–Crippen MR) is 77.6 cm³/mol. The van der Waals surface area contributed by atoms with Gasteiger partial charge in [-0.25, -0.2) is 14.3 Å². The molecule has 1 amide bonds. The Hall–Kier alpha value is -2.12. The molecule has 0 radical (unpaired) electrons. The summed E-state index contributed by atoms with van der Waals surface area (Å²) in [4.78, 5) is 22.5. The number of nitrogens with one attached hydrogen (secondary N) is 1. The van der Waals surface area contributed by atoms with Gasteiger partial charge in [-0.05, 0) is 46.5 Å². The Labute approximate surface area is 128 Å². The summed E-state index contributed by atoms with van der Waals surface area (Å²) in [7, 11) is 0. The second kappa shape index (κ2) is 6.33. The molecule has 1 saturated carbocycles. The Bertz CT molecular complexity index is 541. The fourth-order valence-corrected chi connectivity index (χ4v) is 2.51. The van der Waals surface area contributed by atoms with Crippen LogP contribution in [0, 0.1) is 0 Å². The maximum atomic E-state index is 11.7. The normalized spacial score (nSPS) is 22.1. The molecule has 0 atom stereocenters. The highest BCUT2D eigenvalue weighted by molar-refractivity contribution is 5.84. The molecular weight excluding hydrogens is 288 g/mol. The zero-order valence-corrected chi connectivity index (χ0v) is 13.1. The van der Waals surface area contributed by atoms with E-state index in [9.17, 15) is 9.59 Å². The number of carboxylic acid groups (broad SMARTS) is 1. The highest BCUT2D eigenvalue weighted by Crippen LogP contribution is 2.28. The fraction of sp³-hybridized carbons (Fsp3) is 0.714. The quantitative estimate of drug-likeness (QED) is 0.884. The van der Waals surface area contributed by atoms with Crippen molar-refractivity contribution in [2.45, 2.75) is 64.1 Å². The maximum absolute atomic E-state index is 11.7. The number of carbonyl (C=O) groups excluding carboxylic acids is 1. The number of hydrogen-bond acceptors (Lipinski definition) is 5. The van der Waals surface area contributed by atoms with Crippen LogP contribution < -0.4 is 5.32 Å². The Morgan fingerprint density at radius 3 is 2.45 bits per heavy atom. The third kappa shape index (κ3) is 4.44. The van der Waals surface area contributed by atoms with Crippen molar-refractivity contribution in [2.24, 2.45) is 0 Å². The van der Waals surface area contributed by atoms with Gasteiger partial charge >= 0.3 is 12.1 Å². The van der Waals surface area contributed by atoms with Gasteiger partial charge in [-0.15, -0.1) is 5.10 Å². The first kappa shape index (κ1) is 16.3. The number of hydrogen-bond donors (Lipinski definition) is 2. The molecule has 0 spiro atoms. The molecule has 1 fully saturated rings. The van der Waals surface area contributed by atoms with Crippen LogP contribution in [0.15, 0.2) is 6.20 Å². The molecule has 2 rings (SSSR count). The predicted octanol–water partition coefficient (Wildman–Crippen LogP) is 1.98. The van der Waals surface area contributed by atoms with E-state index in [1.54, 1.807) is 4.68 Å². The number of ether oxygens (including phenoxy) is 1. The highest BCUT2D eigenvalue weighted by atomic mass is 16.6. The standard InChI is InChI=1S/C14H22N4O4/c1-14(2,3)22-13(21)15-9-4-6-10(7-5-9)18-8-11(12(19)20)16-17-18/h8-10H,4-7H2,1-3H3,(H,15,21)(H,19,20). The second-order valence-corrected chi connectivity index (χ2v) is 6.54. The summed E-state index contributed by atoms with van der Waals surface area (Å²) in [5.41, 5.74) is -0.552. The first-order chi connectivity index (χ1) is 10.2. The van der Waals surface area contributed by atoms with Gasteiger partial charge < -0.3 is 15.2 Å². The minimum atomic E-state index is -1.08. The number of aromatic nitrogens is 3. The van der Waals surface area contributed by atoms with Crippen molar-refractivity contribution in [3.63, 3.8) is 0 Å². The van der Waals surface area contributed by atoms with Gasteiger partial charge in [0.1, 0.15) is 5.60 Å². The third-order valence-electron chi connectivity index (χ3n) is 3.52. The molecule has 8 nitrogen and oxygen atoms in total. The number of carboxylic acids is 1. The van der Waals surface area contributed by atoms with E-state index < -0.39 is 17.7 Å². The lowest BCUT2D eigenvalue weighted by molar-refractivity contribution is 0.0486. The number of carbonyl (C=O) groups is 2. The van der Waals surface area contributed by atoms with Gasteiger partial charge in [-0.2, -0.15) is 0 Å². The number of aromatic carboxylic acids is 1. The minimum absolute atomic E-state index is 0.0472. The fourth-order valence-electron chi connectivity index (χ4n) is 2.51. The van der Waals surface area contributed by atoms with Gasteiger partial charge in [0, 0.05) is 6.04 Å². The monoisotopic (exact) mass is 310 g/mol. The third-order valence-corrected chi connectivity index (χ3v) is 3.52. The summed E-state index contributed by atoms with van der Waals surface area (Å²) >= 11 is 0. The molecule has 0 aromatic carbocycles. The van der Waals surface area contributed by atoms with Crippen molar-refractivity contribution >= 4 is 12.1 Å². The Morgan fingerprint density at radius 1 is 1.32 bits per heavy atom. The van der Waals surface area contributed by atoms with Gasteiger partial charge in [-0.3, -0.25) is 0 Å². The van der Waals surface area contributed by atoms with E-state index in [-0.39, 0.29) is 17.8 Å². The molecule has 0 bridgehead atoms. The molecule has 1 aliphatic rings. The van der Waals surface area contributed by atoms with Crippen molar-refractivity contribution in [3.8, 4) is 0 Å². The van der Waals surface area contributed by atoms with Gasteiger partial charge in [0.15, 0.2) is 5.69 Å². The summed E-state index contributed by atoms with van der Waals surface area (Å²) in [6, 6.07) is 0.200. The molecular formula is C14H22N4O4. The van der Waals surface area contributed by atoms with E-state index in [2.05, 4.69) is 15.6 Å². The van der Waals surface area contributed by atoms with Gasteiger partial charge in [-0.1, -0.05) is 5.21 Å². The Kier molecular flexibility index (Phi) is 4.68. The van der Waals surface area contributed by atoms with Crippen molar-refractivity contribution < 1.29 is 19.4 Å². The number of alkyl carbamates (subject to hydrolysis) is 1. The van der Waals surface area contributed by atoms with Crippen molar-refractivity contribution in [1.29, 1.82) is 0 Å². The van der Waals surface area contributed by atoms with Crippen LogP contribution in [0.1, 0.15) is 63.0 Å². The van der Waals surface area contributed by atoms with Crippen LogP contribution in [0.3, 0.4) is 0 Å². The van der Waals surface area contributed by atoms with Crippen LogP contribution >= 0.6 is 0 Å². The van der Waals surface area contributed by atoms with Crippen LogP contribution in [-0.2, 0) is 4.74 Å². The van der Waals surface area contributed by atoms with Crippen molar-refractivity contribution in [3.05, 3.63) is 11.9 Å². The first-order valence-electron chi connectivity index (χ1n) is 7.39. The second-order valence-electron chi connectivity index (χ2n) is 6.54. The average Bonchev–Trinajstić information content (AvgIpc) is 2.87. The average molecular weight is 310 g/mol. The van der Waals surface area contributed by atoms with E-state index in [0.717, 1.165) is 25.7 Å². The zero-order valence-electron chi connectivity index (χ0n) is 13.1. The zero-order chi connectivity index (χ0) is 16.3. The molecule has 1 aliphatic carbocycles. The molecule has 2 N–H and O–H groups in total. The van der Waals surface area contributed by atoms with Crippen LogP contribution in [-0.4, -0.2) is 43.8 Å². The maximum Gasteiger partial charge on any atom is 0.407 e. The largest absolute Gasteiger partial charge is 0.476 e. The molecule has 122 valence electrons. The summed E-state index contributed by atoms with van der Waals surface area (Å²) in [5.74, 6) is -1.08. The molecule has 1 heterocycles. The van der Waals surface area contributed by atoms with E-state index in [1.807, 2.05) is 20.8 Å². The van der Waals surface area contributed by atoms with Crippen molar-refractivity contribution in [1.82, 2.24) is 20.3 Å². The summed E-state index contributed by atoms with van der Waals surface area (Å²) in [6.07, 6.45) is 4.27. The lowest BCUT2D eigenvalue weighted by Crippen LogP contribution is -2.41. The molecule has 0 aliphatic heterocycles. The van der Waals surface area contributed by atoms with Crippen LogP contribution in [0.25, 0.3) is 0 Å². The molecule has 1 aromatic heterocycles. The topological polar surface area (TPSA) is 106 Å². The van der Waals surface area contributed by atoms with Crippen LogP contribution in [0.4, 0.5) is 4.79 Å². The molecule has 8 heteroatoms. The summed E-state index contributed by atoms with van der Waals surface area (Å²) < 4.78 is 6.84. The van der Waals surface area contributed by atoms with E-state index >= 15 is 0 Å². The smallest absolute Gasteiger partial charge is 0.407 e. The Morgan fingerprint density at radius 2 is 1.95 bits per heavy atom. The summed E-state index contributed by atoms with van der Waals surface area (Å²) in [6.45, 7) is 5.48. The first-order valence-corrected chi connectivity index (χ1v) is 7.39. The SMILES string of the molecule is CC(C)(C)OC(=O)NC1CCC(n2cc(C(=O)O)nn2)CC1. The number of rotatable bonds is 3. The Balaban J connectivity index is 1.82. The lowest BCUT2D eigenvalue weighted by Gasteiger charge is -2.29. The molecule has 1 aromatic rings. The van der Waals surface area contributed by atoms with E-state index in [4.69, 9.17) is 9.84 Å². The van der Waals surface area contributed by atoms with Gasteiger partial charge in [0.25, 0.3) is 0 Å². The van der Waals surface area contributed by atoms with Crippen molar-refractivity contribution in [2.75, 3.05) is 0 Å². The minimum Gasteiger partial charge on any atom is -0.476 e. The molecule has 22 heavy (non-hydrogen) atoms. The van der Waals surface area contributed by atoms with Crippen LogP contribution in [0.5, 0.6) is 0 Å². The van der Waals surface area contributed by atoms with Gasteiger partial charge in [0.05, 0.1) is 12.2 Å². The van der Waals surface area contributed by atoms with E-state index in [1.165, 1.54) is 6.20 Å². The van der Waals surface area contributed by atoms with E-state index in [0.29, 0.717) is 0 Å². The number of amides is 1. The highest BCUT2D eigenvalue weighted by Gasteiger charge is 2.26. The van der Waals surface area contributed by atoms with Crippen LogP contribution in [0.2, 0.25) is 0 Å². The molecule has 0 saturated heterocycles. The number of nitrogens with zero attached hydrogens (tertiary/aromatic N) is 3. The molecule has 0 unspecified atom stereocenters. The lowest BCUT2D eigenvalue weighted by atomic mass is 9.91. The van der Waals surface area contributed by atoms with Gasteiger partial charge in [0.2, 0.25) is 0 Å².